The fraction of sp³-hybridized carbons (Fsp3) is 0.129. The number of para-hydroxylation sites is 3. The van der Waals surface area contributed by atoms with E-state index >= 15 is 0 Å². The van der Waals surface area contributed by atoms with Gasteiger partial charge in [-0.15, -0.1) is 0 Å². The fourth-order valence-electron chi connectivity index (χ4n) is 9.76. The molecule has 0 spiro atoms. The molecule has 0 saturated heterocycles. The molecule has 0 aliphatic carbocycles. The number of nitrogens with zero attached hydrogens (tertiary/aromatic N) is 3. The highest BCUT2D eigenvalue weighted by Gasteiger charge is 2.19. The Balaban J connectivity index is 0.877. The zero-order valence-corrected chi connectivity index (χ0v) is 37.8. The molecule has 2 unspecified atom stereocenters. The van der Waals surface area contributed by atoms with Crippen LogP contribution < -0.4 is 9.80 Å². The van der Waals surface area contributed by atoms with Gasteiger partial charge in [-0.1, -0.05) is 141 Å². The Bertz CT molecular complexity index is 3130. The quantitative estimate of drug-likeness (QED) is 0.115. The Morgan fingerprint density at radius 2 is 0.815 bits per heavy atom. The number of benzene rings is 9. The van der Waals surface area contributed by atoms with E-state index in [9.17, 15) is 0 Å². The second kappa shape index (κ2) is 18.2. The smallest absolute Gasteiger partial charge is 0.0541 e. The van der Waals surface area contributed by atoms with E-state index in [1.165, 1.54) is 60.9 Å². The highest BCUT2D eigenvalue weighted by atomic mass is 15.1. The Labute approximate surface area is 384 Å². The Kier molecular flexibility index (Phi) is 11.6. The van der Waals surface area contributed by atoms with E-state index in [-0.39, 0.29) is 0 Å². The van der Waals surface area contributed by atoms with Gasteiger partial charge in [-0.3, -0.25) is 0 Å². The van der Waals surface area contributed by atoms with E-state index < -0.39 is 0 Å². The summed E-state index contributed by atoms with van der Waals surface area (Å²) in [7, 11) is 0. The van der Waals surface area contributed by atoms with Gasteiger partial charge in [0.05, 0.1) is 11.0 Å². The Morgan fingerprint density at radius 1 is 0.400 bits per heavy atom. The number of hydrogen-bond donors (Lipinski definition) is 0. The van der Waals surface area contributed by atoms with Gasteiger partial charge in [0.1, 0.15) is 0 Å². The predicted molar refractivity (Wildman–Crippen MR) is 278 cm³/mol. The molecule has 10 aromatic rings. The maximum absolute atomic E-state index is 2.40. The van der Waals surface area contributed by atoms with Crippen LogP contribution in [0.4, 0.5) is 34.1 Å². The largest absolute Gasteiger partial charge is 0.310 e. The first-order chi connectivity index (χ1) is 31.9. The summed E-state index contributed by atoms with van der Waals surface area (Å²) in [5.74, 6) is 0.868. The molecule has 0 radical (unpaired) electrons. The summed E-state index contributed by atoms with van der Waals surface area (Å²) in [5, 5.41) is 2.58. The summed E-state index contributed by atoms with van der Waals surface area (Å²) >= 11 is 0. The molecule has 65 heavy (non-hydrogen) atoms. The molecular formula is C62H55N3. The van der Waals surface area contributed by atoms with Crippen LogP contribution >= 0.6 is 0 Å². The lowest BCUT2D eigenvalue weighted by molar-refractivity contribution is 0.544. The topological polar surface area (TPSA) is 11.4 Å². The lowest BCUT2D eigenvalue weighted by Gasteiger charge is -2.27. The number of hydrogen-bond acceptors (Lipinski definition) is 2. The van der Waals surface area contributed by atoms with Crippen molar-refractivity contribution in [3.63, 3.8) is 0 Å². The first kappa shape index (κ1) is 41.4. The van der Waals surface area contributed by atoms with E-state index in [1.807, 2.05) is 0 Å². The van der Waals surface area contributed by atoms with Crippen molar-refractivity contribution >= 4 is 55.9 Å². The molecule has 0 N–H and O–H groups in total. The van der Waals surface area contributed by atoms with Crippen molar-refractivity contribution in [3.8, 4) is 16.8 Å². The van der Waals surface area contributed by atoms with Crippen LogP contribution in [0.3, 0.4) is 0 Å². The first-order valence-electron chi connectivity index (χ1n) is 23.1. The van der Waals surface area contributed by atoms with E-state index in [2.05, 4.69) is 267 Å². The zero-order chi connectivity index (χ0) is 44.3. The minimum absolute atomic E-state index is 0.418. The number of aryl methyl sites for hydroxylation is 2. The standard InChI is InChI=1S/C62H55N3/c1-5-47(43-46(4)48-25-33-56(34-26-48)65-61-23-11-9-21-59(61)60-22-10-12-24-62(60)65)49-27-35-54(36-28-49)64(58-20-14-16-45(3)42-58)55-39-31-51(32-40-55)50-29-37-53(38-30-50)63(52-17-7-6-8-18-52)57-19-13-15-44(2)41-57/h6-42,46-47H,5,43H2,1-4H3. The summed E-state index contributed by atoms with van der Waals surface area (Å²) in [6.45, 7) is 9.02. The SMILES string of the molecule is CCC(CC(C)c1ccc(-n2c3ccccc3c3ccccc32)cc1)c1ccc(N(c2ccc(-c3ccc(N(c4ccccc4)c4cccc(C)c4)cc3)cc2)c2cccc(C)c2)cc1. The molecule has 3 heteroatoms. The maximum atomic E-state index is 2.40. The molecule has 0 fully saturated rings. The number of rotatable bonds is 13. The van der Waals surface area contributed by atoms with Crippen molar-refractivity contribution in [2.75, 3.05) is 9.80 Å². The van der Waals surface area contributed by atoms with Gasteiger partial charge in [-0.2, -0.15) is 0 Å². The molecule has 0 bridgehead atoms. The second-order valence-corrected chi connectivity index (χ2v) is 17.6. The average Bonchev–Trinajstić information content (AvgIpc) is 3.69. The molecular weight excluding hydrogens is 787 g/mol. The van der Waals surface area contributed by atoms with Gasteiger partial charge < -0.3 is 14.4 Å². The maximum Gasteiger partial charge on any atom is 0.0541 e. The number of anilines is 6. The van der Waals surface area contributed by atoms with Crippen LogP contribution in [0, 0.1) is 13.8 Å². The van der Waals surface area contributed by atoms with Crippen molar-refractivity contribution in [1.82, 2.24) is 4.57 Å². The summed E-state index contributed by atoms with van der Waals surface area (Å²) in [6, 6.07) is 82.1. The van der Waals surface area contributed by atoms with Crippen LogP contribution in [0.1, 0.15) is 60.8 Å². The van der Waals surface area contributed by atoms with Crippen LogP contribution in [0.15, 0.2) is 224 Å². The highest BCUT2D eigenvalue weighted by Crippen LogP contribution is 2.40. The van der Waals surface area contributed by atoms with Crippen LogP contribution in [0.2, 0.25) is 0 Å². The Morgan fingerprint density at radius 3 is 1.29 bits per heavy atom. The highest BCUT2D eigenvalue weighted by molar-refractivity contribution is 6.09. The van der Waals surface area contributed by atoms with Gasteiger partial charge in [0.25, 0.3) is 0 Å². The van der Waals surface area contributed by atoms with Crippen molar-refractivity contribution in [2.45, 2.75) is 52.4 Å². The van der Waals surface area contributed by atoms with E-state index in [0.717, 1.165) is 47.0 Å². The van der Waals surface area contributed by atoms with Crippen molar-refractivity contribution < 1.29 is 0 Å². The number of fused-ring (bicyclic) bond motifs is 3. The molecule has 9 aromatic carbocycles. The van der Waals surface area contributed by atoms with Crippen molar-refractivity contribution in [2.24, 2.45) is 0 Å². The van der Waals surface area contributed by atoms with E-state index in [1.54, 1.807) is 0 Å². The van der Waals surface area contributed by atoms with Crippen LogP contribution in [0.25, 0.3) is 38.6 Å². The normalized spacial score (nSPS) is 12.3. The van der Waals surface area contributed by atoms with Gasteiger partial charge >= 0.3 is 0 Å². The summed E-state index contributed by atoms with van der Waals surface area (Å²) in [4.78, 5) is 4.70. The zero-order valence-electron chi connectivity index (χ0n) is 37.8. The minimum atomic E-state index is 0.418. The number of aromatic nitrogens is 1. The third-order valence-electron chi connectivity index (χ3n) is 13.2. The predicted octanol–water partition coefficient (Wildman–Crippen LogP) is 17.7. The lowest BCUT2D eigenvalue weighted by atomic mass is 9.84. The van der Waals surface area contributed by atoms with Crippen molar-refractivity contribution in [1.29, 1.82) is 0 Å². The summed E-state index contributed by atoms with van der Waals surface area (Å²) < 4.78 is 2.40. The van der Waals surface area contributed by atoms with Gasteiger partial charge in [0, 0.05) is 50.6 Å². The Hall–Kier alpha value is -7.62. The van der Waals surface area contributed by atoms with Crippen molar-refractivity contribution in [3.05, 3.63) is 247 Å². The summed E-state index contributed by atoms with van der Waals surface area (Å²) in [5.41, 5.74) is 18.1. The molecule has 2 atom stereocenters. The van der Waals surface area contributed by atoms with Gasteiger partial charge in [-0.05, 0) is 169 Å². The van der Waals surface area contributed by atoms with Gasteiger partial charge in [-0.25, -0.2) is 0 Å². The molecule has 0 amide bonds. The van der Waals surface area contributed by atoms with Crippen LogP contribution in [-0.2, 0) is 0 Å². The fourth-order valence-corrected chi connectivity index (χ4v) is 9.76. The average molecular weight is 842 g/mol. The molecule has 1 heterocycles. The third-order valence-corrected chi connectivity index (χ3v) is 13.2. The monoisotopic (exact) mass is 841 g/mol. The van der Waals surface area contributed by atoms with Crippen LogP contribution in [0.5, 0.6) is 0 Å². The molecule has 1 aromatic heterocycles. The summed E-state index contributed by atoms with van der Waals surface area (Å²) in [6.07, 6.45) is 2.17. The van der Waals surface area contributed by atoms with Crippen LogP contribution in [-0.4, -0.2) is 4.57 Å². The van der Waals surface area contributed by atoms with E-state index in [0.29, 0.717) is 11.8 Å². The molecule has 318 valence electrons. The molecule has 0 aliphatic rings. The van der Waals surface area contributed by atoms with Gasteiger partial charge in [0.2, 0.25) is 0 Å². The molecule has 10 rings (SSSR count). The molecule has 0 saturated carbocycles. The van der Waals surface area contributed by atoms with E-state index in [4.69, 9.17) is 0 Å². The molecule has 3 nitrogen and oxygen atoms in total. The first-order valence-corrected chi connectivity index (χ1v) is 23.1. The molecule has 0 aliphatic heterocycles. The third kappa shape index (κ3) is 8.46. The lowest BCUT2D eigenvalue weighted by Crippen LogP contribution is -2.11. The minimum Gasteiger partial charge on any atom is -0.310 e. The second-order valence-electron chi connectivity index (χ2n) is 17.6. The van der Waals surface area contributed by atoms with Gasteiger partial charge in [0.15, 0.2) is 0 Å².